The quantitative estimate of drug-likeness (QED) is 0.861. The second-order valence-electron chi connectivity index (χ2n) is 5.49. The number of carbonyl (C=O) groups is 1. The van der Waals surface area contributed by atoms with E-state index in [9.17, 15) is 13.2 Å². The lowest BCUT2D eigenvalue weighted by atomic mass is 9.77. The van der Waals surface area contributed by atoms with E-state index in [1.165, 1.54) is 6.07 Å². The van der Waals surface area contributed by atoms with Gasteiger partial charge in [0.15, 0.2) is 0 Å². The van der Waals surface area contributed by atoms with Gasteiger partial charge in [0.1, 0.15) is 0 Å². The van der Waals surface area contributed by atoms with Crippen LogP contribution in [0.3, 0.4) is 0 Å². The van der Waals surface area contributed by atoms with E-state index in [2.05, 4.69) is 5.32 Å². The van der Waals surface area contributed by atoms with E-state index >= 15 is 0 Å². The molecule has 116 valence electrons. The van der Waals surface area contributed by atoms with Crippen molar-refractivity contribution in [3.63, 3.8) is 0 Å². The van der Waals surface area contributed by atoms with Crippen molar-refractivity contribution in [2.75, 3.05) is 12.4 Å². The summed E-state index contributed by atoms with van der Waals surface area (Å²) >= 11 is 0. The number of carbonyl (C=O) groups excluding carboxylic acids is 1. The van der Waals surface area contributed by atoms with Crippen LogP contribution in [0.25, 0.3) is 0 Å². The maximum atomic E-state index is 12.1. The molecule has 0 spiro atoms. The molecule has 1 saturated carbocycles. The van der Waals surface area contributed by atoms with Crippen LogP contribution in [0.1, 0.15) is 31.2 Å². The normalized spacial score (nSPS) is 17.1. The van der Waals surface area contributed by atoms with Crippen molar-refractivity contribution >= 4 is 21.6 Å². The SMILES string of the molecule is COC1(CC(=O)Nc2ccc(C)c(S(N)(=O)=O)c2)CCC1. The van der Waals surface area contributed by atoms with Gasteiger partial charge in [-0.2, -0.15) is 0 Å². The van der Waals surface area contributed by atoms with Crippen molar-refractivity contribution in [3.8, 4) is 0 Å². The van der Waals surface area contributed by atoms with Crippen LogP contribution in [-0.4, -0.2) is 27.0 Å². The lowest BCUT2D eigenvalue weighted by Crippen LogP contribution is -2.42. The Morgan fingerprint density at radius 3 is 2.57 bits per heavy atom. The van der Waals surface area contributed by atoms with E-state index in [4.69, 9.17) is 9.88 Å². The van der Waals surface area contributed by atoms with Crippen molar-refractivity contribution < 1.29 is 17.9 Å². The Morgan fingerprint density at radius 1 is 1.43 bits per heavy atom. The lowest BCUT2D eigenvalue weighted by molar-refractivity contribution is -0.129. The molecule has 2 rings (SSSR count). The zero-order valence-electron chi connectivity index (χ0n) is 12.2. The predicted octanol–water partition coefficient (Wildman–Crippen LogP) is 1.54. The van der Waals surface area contributed by atoms with Gasteiger partial charge in [-0.3, -0.25) is 4.79 Å². The number of ether oxygens (including phenoxy) is 1. The van der Waals surface area contributed by atoms with Crippen molar-refractivity contribution in [2.24, 2.45) is 5.14 Å². The van der Waals surface area contributed by atoms with Crippen molar-refractivity contribution in [3.05, 3.63) is 23.8 Å². The lowest BCUT2D eigenvalue weighted by Gasteiger charge is -2.39. The van der Waals surface area contributed by atoms with Crippen LogP contribution in [0.4, 0.5) is 5.69 Å². The molecular formula is C14H20N2O4S. The molecule has 3 N–H and O–H groups in total. The molecule has 1 aliphatic rings. The van der Waals surface area contributed by atoms with Crippen molar-refractivity contribution in [1.82, 2.24) is 0 Å². The molecule has 0 aliphatic heterocycles. The molecule has 0 aromatic heterocycles. The maximum Gasteiger partial charge on any atom is 0.238 e. The molecule has 0 atom stereocenters. The molecule has 6 nitrogen and oxygen atoms in total. The fraction of sp³-hybridized carbons (Fsp3) is 0.500. The molecule has 7 heteroatoms. The maximum absolute atomic E-state index is 12.1. The van der Waals surface area contributed by atoms with Gasteiger partial charge in [-0.05, 0) is 43.9 Å². The van der Waals surface area contributed by atoms with Crippen molar-refractivity contribution in [2.45, 2.75) is 43.1 Å². The van der Waals surface area contributed by atoms with E-state index in [1.54, 1.807) is 26.2 Å². The number of hydrogen-bond acceptors (Lipinski definition) is 4. The number of primary sulfonamides is 1. The highest BCUT2D eigenvalue weighted by atomic mass is 32.2. The summed E-state index contributed by atoms with van der Waals surface area (Å²) in [4.78, 5) is 12.1. The Kier molecular flexibility index (Phi) is 4.36. The predicted molar refractivity (Wildman–Crippen MR) is 79.4 cm³/mol. The molecule has 0 unspecified atom stereocenters. The van der Waals surface area contributed by atoms with E-state index in [-0.39, 0.29) is 22.8 Å². The summed E-state index contributed by atoms with van der Waals surface area (Å²) in [5.41, 5.74) is 0.598. The van der Waals surface area contributed by atoms with Crippen LogP contribution in [0.2, 0.25) is 0 Å². The number of hydrogen-bond donors (Lipinski definition) is 2. The van der Waals surface area contributed by atoms with E-state index in [0.29, 0.717) is 11.3 Å². The fourth-order valence-corrected chi connectivity index (χ4v) is 3.31. The first-order chi connectivity index (χ1) is 9.76. The van der Waals surface area contributed by atoms with E-state index in [0.717, 1.165) is 19.3 Å². The van der Waals surface area contributed by atoms with Crippen molar-refractivity contribution in [1.29, 1.82) is 0 Å². The van der Waals surface area contributed by atoms with Crippen LogP contribution in [0, 0.1) is 6.92 Å². The summed E-state index contributed by atoms with van der Waals surface area (Å²) in [5.74, 6) is -0.194. The number of aryl methyl sites for hydroxylation is 1. The highest BCUT2D eigenvalue weighted by Gasteiger charge is 2.39. The van der Waals surface area contributed by atoms with Crippen LogP contribution in [-0.2, 0) is 19.6 Å². The minimum absolute atomic E-state index is 0.0189. The first kappa shape index (κ1) is 15.9. The number of sulfonamides is 1. The van der Waals surface area contributed by atoms with Gasteiger partial charge in [0, 0.05) is 12.8 Å². The first-order valence-electron chi connectivity index (χ1n) is 6.74. The first-order valence-corrected chi connectivity index (χ1v) is 8.29. The monoisotopic (exact) mass is 312 g/mol. The fourth-order valence-electron chi connectivity index (χ4n) is 2.51. The molecule has 1 aromatic rings. The zero-order chi connectivity index (χ0) is 15.7. The van der Waals surface area contributed by atoms with E-state index in [1.807, 2.05) is 0 Å². The molecule has 1 amide bonds. The molecule has 1 aliphatic carbocycles. The summed E-state index contributed by atoms with van der Waals surface area (Å²) in [7, 11) is -2.19. The molecule has 0 bridgehead atoms. The molecule has 21 heavy (non-hydrogen) atoms. The average Bonchev–Trinajstić information content (AvgIpc) is 2.35. The topological polar surface area (TPSA) is 98.5 Å². The minimum atomic E-state index is -3.80. The molecule has 1 fully saturated rings. The van der Waals surface area contributed by atoms with Gasteiger partial charge in [-0.25, -0.2) is 13.6 Å². The molecular weight excluding hydrogens is 292 g/mol. The Bertz CT molecular complexity index is 645. The summed E-state index contributed by atoms with van der Waals surface area (Å²) in [6.07, 6.45) is 3.06. The summed E-state index contributed by atoms with van der Waals surface area (Å²) in [6, 6.07) is 4.65. The number of rotatable bonds is 5. The van der Waals surface area contributed by atoms with Crippen LogP contribution >= 0.6 is 0 Å². The summed E-state index contributed by atoms with van der Waals surface area (Å²) in [5, 5.41) is 7.85. The largest absolute Gasteiger partial charge is 0.378 e. The van der Waals surface area contributed by atoms with E-state index < -0.39 is 10.0 Å². The smallest absolute Gasteiger partial charge is 0.238 e. The molecule has 0 heterocycles. The van der Waals surface area contributed by atoms with Gasteiger partial charge in [0.25, 0.3) is 0 Å². The van der Waals surface area contributed by atoms with Crippen LogP contribution in [0.15, 0.2) is 23.1 Å². The van der Waals surface area contributed by atoms with Gasteiger partial charge in [0.05, 0.1) is 16.9 Å². The Labute approximate surface area is 124 Å². The Morgan fingerprint density at radius 2 is 2.10 bits per heavy atom. The third-order valence-electron chi connectivity index (χ3n) is 3.96. The number of anilines is 1. The number of nitrogens with two attached hydrogens (primary N) is 1. The van der Waals surface area contributed by atoms with Gasteiger partial charge in [-0.1, -0.05) is 6.07 Å². The van der Waals surface area contributed by atoms with Gasteiger partial charge in [0.2, 0.25) is 15.9 Å². The highest BCUT2D eigenvalue weighted by Crippen LogP contribution is 2.38. The number of benzene rings is 1. The minimum Gasteiger partial charge on any atom is -0.378 e. The van der Waals surface area contributed by atoms with Gasteiger partial charge >= 0.3 is 0 Å². The zero-order valence-corrected chi connectivity index (χ0v) is 13.0. The molecule has 1 aromatic carbocycles. The second-order valence-corrected chi connectivity index (χ2v) is 7.02. The summed E-state index contributed by atoms with van der Waals surface area (Å²) in [6.45, 7) is 1.65. The number of methoxy groups -OCH3 is 1. The highest BCUT2D eigenvalue weighted by molar-refractivity contribution is 7.89. The number of amides is 1. The Hall–Kier alpha value is -1.44. The standard InChI is InChI=1S/C14H20N2O4S/c1-10-4-5-11(8-12(10)21(15,18)19)16-13(17)9-14(20-2)6-3-7-14/h4-5,8H,3,6-7,9H2,1-2H3,(H,16,17)(H2,15,18,19). The molecule has 0 radical (unpaired) electrons. The third kappa shape index (κ3) is 3.61. The van der Waals surface area contributed by atoms with Gasteiger partial charge in [-0.15, -0.1) is 0 Å². The summed E-state index contributed by atoms with van der Waals surface area (Å²) < 4.78 is 28.3. The van der Waals surface area contributed by atoms with Crippen LogP contribution in [0.5, 0.6) is 0 Å². The number of nitrogens with one attached hydrogen (secondary N) is 1. The molecule has 0 saturated heterocycles. The second kappa shape index (κ2) is 5.75. The van der Waals surface area contributed by atoms with Crippen LogP contribution < -0.4 is 10.5 Å². The third-order valence-corrected chi connectivity index (χ3v) is 5.01. The van der Waals surface area contributed by atoms with Gasteiger partial charge < -0.3 is 10.1 Å². The average molecular weight is 312 g/mol. The Balaban J connectivity index is 2.11.